The van der Waals surface area contributed by atoms with Crippen molar-refractivity contribution in [1.29, 1.82) is 0 Å². The van der Waals surface area contributed by atoms with Gasteiger partial charge in [0.05, 0.1) is 10.9 Å². The molecule has 1 atom stereocenters. The molecule has 8 heteroatoms. The molecule has 0 bridgehead atoms. The van der Waals surface area contributed by atoms with Crippen molar-refractivity contribution in [3.8, 4) is 0 Å². The van der Waals surface area contributed by atoms with Gasteiger partial charge in [-0.15, -0.1) is 11.8 Å². The minimum atomic E-state index is -0.391. The Morgan fingerprint density at radius 1 is 1.27 bits per heavy atom. The van der Waals surface area contributed by atoms with Crippen molar-refractivity contribution < 1.29 is 14.0 Å². The first kappa shape index (κ1) is 21.7. The van der Waals surface area contributed by atoms with Gasteiger partial charge in [-0.2, -0.15) is 0 Å². The number of amides is 2. The van der Waals surface area contributed by atoms with E-state index in [9.17, 15) is 18.8 Å². The van der Waals surface area contributed by atoms with Gasteiger partial charge < -0.3 is 0 Å². The van der Waals surface area contributed by atoms with Crippen LogP contribution in [0.3, 0.4) is 0 Å². The first-order valence-electron chi connectivity index (χ1n) is 9.53. The number of carbonyl (C=O) groups is 2. The van der Waals surface area contributed by atoms with E-state index < -0.39 is 5.91 Å². The van der Waals surface area contributed by atoms with Crippen LogP contribution in [0, 0.1) is 12.7 Å². The Balaban J connectivity index is 1.93. The molecule has 30 heavy (non-hydrogen) atoms. The Morgan fingerprint density at radius 2 is 2.03 bits per heavy atom. The smallest absolute Gasteiger partial charge is 0.262 e. The van der Waals surface area contributed by atoms with Crippen LogP contribution in [0.1, 0.15) is 37.2 Å². The third-order valence-corrected chi connectivity index (χ3v) is 5.97. The van der Waals surface area contributed by atoms with E-state index in [4.69, 9.17) is 0 Å². The van der Waals surface area contributed by atoms with Crippen molar-refractivity contribution >= 4 is 35.0 Å². The highest BCUT2D eigenvalue weighted by Crippen LogP contribution is 2.29. The number of aryl methyl sites for hydroxylation is 1. The van der Waals surface area contributed by atoms with Crippen LogP contribution in [0.25, 0.3) is 10.9 Å². The Kier molecular flexibility index (Phi) is 6.99. The number of rotatable bonds is 8. The standard InChI is InChI=1S/C22H22FN3O3S/c1-14(10-11-20(28)24-13-27)26-15(2)25-18-8-5-9-19(21(18)22(26)29)30-12-16-6-3-4-7-17(16)23/h3-9,13-14H,10-12H2,1-2H3,(H,24,27,28). The summed E-state index contributed by atoms with van der Waals surface area (Å²) in [5, 5.41) is 2.58. The Labute approximate surface area is 177 Å². The number of carbonyl (C=O) groups excluding carboxylic acids is 2. The Morgan fingerprint density at radius 3 is 2.77 bits per heavy atom. The molecule has 3 rings (SSSR count). The Bertz CT molecular complexity index is 1150. The summed E-state index contributed by atoms with van der Waals surface area (Å²) in [7, 11) is 0. The number of thioether (sulfide) groups is 1. The lowest BCUT2D eigenvalue weighted by Gasteiger charge is -2.18. The van der Waals surface area contributed by atoms with Gasteiger partial charge in [0.25, 0.3) is 5.56 Å². The topological polar surface area (TPSA) is 81.1 Å². The van der Waals surface area contributed by atoms with Crippen molar-refractivity contribution in [2.45, 2.75) is 43.4 Å². The zero-order valence-corrected chi connectivity index (χ0v) is 17.5. The first-order valence-corrected chi connectivity index (χ1v) is 10.5. The summed E-state index contributed by atoms with van der Waals surface area (Å²) in [5.41, 5.74) is 0.949. The number of imide groups is 1. The van der Waals surface area contributed by atoms with E-state index in [1.54, 1.807) is 35.8 Å². The predicted molar refractivity (Wildman–Crippen MR) is 115 cm³/mol. The summed E-state index contributed by atoms with van der Waals surface area (Å²) in [6.45, 7) is 3.59. The lowest BCUT2D eigenvalue weighted by Crippen LogP contribution is -2.28. The van der Waals surface area contributed by atoms with Gasteiger partial charge >= 0.3 is 0 Å². The molecule has 2 amide bonds. The van der Waals surface area contributed by atoms with Crippen molar-refractivity contribution in [2.24, 2.45) is 0 Å². The van der Waals surface area contributed by atoms with E-state index in [0.29, 0.717) is 40.9 Å². The highest BCUT2D eigenvalue weighted by Gasteiger charge is 2.17. The largest absolute Gasteiger partial charge is 0.299 e. The molecule has 2 aromatic carbocycles. The van der Waals surface area contributed by atoms with E-state index in [-0.39, 0.29) is 23.8 Å². The summed E-state index contributed by atoms with van der Waals surface area (Å²) in [4.78, 5) is 40.6. The zero-order chi connectivity index (χ0) is 21.7. The molecule has 0 aliphatic rings. The number of hydrogen-bond acceptors (Lipinski definition) is 5. The SMILES string of the molecule is Cc1nc2cccc(SCc3ccccc3F)c2c(=O)n1C(C)CCC(=O)NC=O. The number of nitrogens with one attached hydrogen (secondary N) is 1. The summed E-state index contributed by atoms with van der Waals surface area (Å²) < 4.78 is 15.5. The molecule has 1 unspecified atom stereocenters. The second kappa shape index (κ2) is 9.67. The lowest BCUT2D eigenvalue weighted by molar-refractivity contribution is -0.125. The fraction of sp³-hybridized carbons (Fsp3) is 0.273. The second-order valence-corrected chi connectivity index (χ2v) is 7.95. The van der Waals surface area contributed by atoms with Crippen LogP contribution < -0.4 is 10.9 Å². The third kappa shape index (κ3) is 4.76. The first-order chi connectivity index (χ1) is 14.4. The number of fused-ring (bicyclic) bond motifs is 1. The second-order valence-electron chi connectivity index (χ2n) is 6.94. The summed E-state index contributed by atoms with van der Waals surface area (Å²) in [6, 6.07) is 11.7. The molecule has 0 aliphatic carbocycles. The lowest BCUT2D eigenvalue weighted by atomic mass is 10.1. The van der Waals surface area contributed by atoms with E-state index in [1.165, 1.54) is 17.8 Å². The van der Waals surface area contributed by atoms with Crippen LogP contribution >= 0.6 is 11.8 Å². The molecule has 1 N–H and O–H groups in total. The third-order valence-electron chi connectivity index (χ3n) is 4.86. The highest BCUT2D eigenvalue weighted by atomic mass is 32.2. The van der Waals surface area contributed by atoms with Crippen LogP contribution in [-0.4, -0.2) is 21.9 Å². The zero-order valence-electron chi connectivity index (χ0n) is 16.7. The van der Waals surface area contributed by atoms with Gasteiger partial charge in [-0.25, -0.2) is 9.37 Å². The minimum Gasteiger partial charge on any atom is -0.299 e. The van der Waals surface area contributed by atoms with Gasteiger partial charge in [0, 0.05) is 23.1 Å². The highest BCUT2D eigenvalue weighted by molar-refractivity contribution is 7.98. The number of hydrogen-bond donors (Lipinski definition) is 1. The predicted octanol–water partition coefficient (Wildman–Crippen LogP) is 3.75. The van der Waals surface area contributed by atoms with Crippen LogP contribution in [0.15, 0.2) is 52.2 Å². The monoisotopic (exact) mass is 427 g/mol. The maximum atomic E-state index is 14.0. The van der Waals surface area contributed by atoms with Crippen LogP contribution in [0.5, 0.6) is 0 Å². The molecule has 0 fully saturated rings. The molecule has 0 saturated heterocycles. The molecule has 0 spiro atoms. The van der Waals surface area contributed by atoms with Gasteiger partial charge in [-0.3, -0.25) is 24.3 Å². The van der Waals surface area contributed by atoms with E-state index in [1.807, 2.05) is 19.1 Å². The quantitative estimate of drug-likeness (QED) is 0.437. The molecule has 6 nitrogen and oxygen atoms in total. The van der Waals surface area contributed by atoms with Crippen molar-refractivity contribution in [3.05, 3.63) is 70.0 Å². The summed E-state index contributed by atoms with van der Waals surface area (Å²) in [5.74, 6) is 0.267. The molecular formula is C22H22FN3O3S. The van der Waals surface area contributed by atoms with E-state index in [0.717, 1.165) is 4.90 Å². The van der Waals surface area contributed by atoms with Crippen molar-refractivity contribution in [2.75, 3.05) is 0 Å². The number of aromatic nitrogens is 2. The summed E-state index contributed by atoms with van der Waals surface area (Å²) in [6.07, 6.45) is 0.854. The van der Waals surface area contributed by atoms with Crippen LogP contribution in [0.4, 0.5) is 4.39 Å². The Hall–Kier alpha value is -3.00. The molecule has 0 aliphatic heterocycles. The molecule has 0 saturated carbocycles. The molecule has 0 radical (unpaired) electrons. The van der Waals surface area contributed by atoms with Gasteiger partial charge in [0.2, 0.25) is 12.3 Å². The number of nitrogens with zero attached hydrogens (tertiary/aromatic N) is 2. The van der Waals surface area contributed by atoms with Gasteiger partial charge in [0.15, 0.2) is 0 Å². The van der Waals surface area contributed by atoms with Gasteiger partial charge in [0.1, 0.15) is 11.6 Å². The van der Waals surface area contributed by atoms with Gasteiger partial charge in [-0.05, 0) is 44.0 Å². The van der Waals surface area contributed by atoms with Crippen molar-refractivity contribution in [3.63, 3.8) is 0 Å². The van der Waals surface area contributed by atoms with Crippen LogP contribution in [0.2, 0.25) is 0 Å². The average Bonchev–Trinajstić information content (AvgIpc) is 2.71. The molecular weight excluding hydrogens is 405 g/mol. The van der Waals surface area contributed by atoms with E-state index >= 15 is 0 Å². The van der Waals surface area contributed by atoms with E-state index in [2.05, 4.69) is 10.3 Å². The minimum absolute atomic E-state index is 0.119. The normalized spacial score (nSPS) is 12.0. The molecule has 156 valence electrons. The fourth-order valence-corrected chi connectivity index (χ4v) is 4.40. The average molecular weight is 428 g/mol. The maximum absolute atomic E-state index is 14.0. The fourth-order valence-electron chi connectivity index (χ4n) is 3.34. The number of benzene rings is 2. The molecule has 1 heterocycles. The van der Waals surface area contributed by atoms with Crippen molar-refractivity contribution in [1.82, 2.24) is 14.9 Å². The maximum Gasteiger partial charge on any atom is 0.262 e. The summed E-state index contributed by atoms with van der Waals surface area (Å²) >= 11 is 1.39. The van der Waals surface area contributed by atoms with Gasteiger partial charge in [-0.1, -0.05) is 24.3 Å². The number of halogens is 1. The molecule has 3 aromatic rings. The van der Waals surface area contributed by atoms with Crippen LogP contribution in [-0.2, 0) is 15.3 Å². The molecule has 1 aromatic heterocycles.